The molecule has 2 N–H and O–H groups in total. The fraction of sp³-hybridized carbons (Fsp3) is 0.0500. The van der Waals surface area contributed by atoms with Crippen molar-refractivity contribution < 1.29 is 9.18 Å². The second-order valence-corrected chi connectivity index (χ2v) is 6.02. The Balaban J connectivity index is 1.48. The zero-order valence-corrected chi connectivity index (χ0v) is 14.5. The van der Waals surface area contributed by atoms with Gasteiger partial charge < -0.3 is 9.88 Å². The molecule has 4 aromatic rings. The van der Waals surface area contributed by atoms with Gasteiger partial charge in [-0.25, -0.2) is 9.37 Å². The number of carbonyl (C=O) groups excluding carboxylic acids is 1. The Morgan fingerprint density at radius 3 is 2.52 bits per heavy atom. The second kappa shape index (κ2) is 6.87. The van der Waals surface area contributed by atoms with Crippen LogP contribution in [-0.4, -0.2) is 25.7 Å². The van der Waals surface area contributed by atoms with Crippen LogP contribution in [0.1, 0.15) is 16.3 Å². The fourth-order valence-corrected chi connectivity index (χ4v) is 2.76. The number of imidazole rings is 1. The van der Waals surface area contributed by atoms with Crippen molar-refractivity contribution in [1.82, 2.24) is 19.7 Å². The standard InChI is InChI=1S/C20H16FN5O/c1-13-22-10-11-26(13)17-8-6-16(7-9-17)23-20(27)19-12-18(24-25-19)14-2-4-15(21)5-3-14/h2-12H,1H3,(H,23,27)(H,24,25). The number of carbonyl (C=O) groups is 1. The molecule has 134 valence electrons. The van der Waals surface area contributed by atoms with E-state index in [0.29, 0.717) is 17.1 Å². The fourth-order valence-electron chi connectivity index (χ4n) is 2.76. The summed E-state index contributed by atoms with van der Waals surface area (Å²) in [5, 5.41) is 9.65. The third-order valence-electron chi connectivity index (χ3n) is 4.19. The lowest BCUT2D eigenvalue weighted by Crippen LogP contribution is -2.12. The number of nitrogens with zero attached hydrogens (tertiary/aromatic N) is 3. The van der Waals surface area contributed by atoms with Gasteiger partial charge in [0.05, 0.1) is 5.69 Å². The van der Waals surface area contributed by atoms with Crippen LogP contribution in [0.3, 0.4) is 0 Å². The van der Waals surface area contributed by atoms with Crippen LogP contribution in [-0.2, 0) is 0 Å². The molecule has 0 aliphatic rings. The summed E-state index contributed by atoms with van der Waals surface area (Å²) in [7, 11) is 0. The van der Waals surface area contributed by atoms with Gasteiger partial charge in [0.1, 0.15) is 17.3 Å². The van der Waals surface area contributed by atoms with E-state index < -0.39 is 0 Å². The molecule has 2 aromatic heterocycles. The highest BCUT2D eigenvalue weighted by Crippen LogP contribution is 2.19. The van der Waals surface area contributed by atoms with Crippen LogP contribution in [0.2, 0.25) is 0 Å². The zero-order valence-electron chi connectivity index (χ0n) is 14.5. The number of aryl methyl sites for hydroxylation is 1. The Labute approximate surface area is 154 Å². The molecular formula is C20H16FN5O. The summed E-state index contributed by atoms with van der Waals surface area (Å²) in [6.07, 6.45) is 3.62. The van der Waals surface area contributed by atoms with Gasteiger partial charge in [-0.15, -0.1) is 0 Å². The summed E-state index contributed by atoms with van der Waals surface area (Å²) in [4.78, 5) is 16.6. The van der Waals surface area contributed by atoms with Gasteiger partial charge in [0.25, 0.3) is 5.91 Å². The molecule has 0 radical (unpaired) electrons. The van der Waals surface area contributed by atoms with Crippen molar-refractivity contribution >= 4 is 11.6 Å². The van der Waals surface area contributed by atoms with Gasteiger partial charge in [-0.1, -0.05) is 0 Å². The highest BCUT2D eigenvalue weighted by Gasteiger charge is 2.12. The average Bonchev–Trinajstić information content (AvgIpc) is 3.32. The molecule has 0 aliphatic carbocycles. The normalized spacial score (nSPS) is 10.7. The van der Waals surface area contributed by atoms with Crippen LogP contribution in [0.5, 0.6) is 0 Å². The number of aromatic nitrogens is 4. The first-order valence-corrected chi connectivity index (χ1v) is 8.33. The van der Waals surface area contributed by atoms with E-state index >= 15 is 0 Å². The summed E-state index contributed by atoms with van der Waals surface area (Å²) >= 11 is 0. The number of rotatable bonds is 4. The second-order valence-electron chi connectivity index (χ2n) is 6.02. The van der Waals surface area contributed by atoms with Crippen LogP contribution >= 0.6 is 0 Å². The first-order valence-electron chi connectivity index (χ1n) is 8.33. The van der Waals surface area contributed by atoms with Crippen LogP contribution in [0.15, 0.2) is 67.0 Å². The molecule has 0 unspecified atom stereocenters. The van der Waals surface area contributed by atoms with Gasteiger partial charge in [-0.05, 0) is 61.5 Å². The molecule has 0 fully saturated rings. The van der Waals surface area contributed by atoms with Crippen molar-refractivity contribution in [2.45, 2.75) is 6.92 Å². The number of hydrogen-bond donors (Lipinski definition) is 2. The summed E-state index contributed by atoms with van der Waals surface area (Å²) in [5.41, 5.74) is 3.25. The topological polar surface area (TPSA) is 75.6 Å². The molecule has 1 amide bonds. The number of amides is 1. The molecule has 4 rings (SSSR count). The van der Waals surface area contributed by atoms with Crippen LogP contribution in [0.4, 0.5) is 10.1 Å². The van der Waals surface area contributed by atoms with Gasteiger partial charge >= 0.3 is 0 Å². The predicted molar refractivity (Wildman–Crippen MR) is 100 cm³/mol. The number of halogens is 1. The van der Waals surface area contributed by atoms with E-state index in [4.69, 9.17) is 0 Å². The van der Waals surface area contributed by atoms with Gasteiger partial charge in [0.2, 0.25) is 0 Å². The number of nitrogens with one attached hydrogen (secondary N) is 2. The molecule has 0 atom stereocenters. The molecule has 2 heterocycles. The Bertz CT molecular complexity index is 1080. The maximum absolute atomic E-state index is 13.0. The minimum absolute atomic E-state index is 0.303. The highest BCUT2D eigenvalue weighted by molar-refractivity contribution is 6.03. The Hall–Kier alpha value is -3.74. The van der Waals surface area contributed by atoms with Crippen molar-refractivity contribution in [1.29, 1.82) is 0 Å². The van der Waals surface area contributed by atoms with Crippen molar-refractivity contribution in [2.75, 3.05) is 5.32 Å². The molecule has 7 heteroatoms. The largest absolute Gasteiger partial charge is 0.321 e. The Kier molecular flexibility index (Phi) is 4.25. The van der Waals surface area contributed by atoms with Crippen LogP contribution in [0, 0.1) is 12.7 Å². The van der Waals surface area contributed by atoms with Gasteiger partial charge in [0, 0.05) is 29.3 Å². The molecule has 27 heavy (non-hydrogen) atoms. The van der Waals surface area contributed by atoms with E-state index in [1.807, 2.05) is 42.0 Å². The average molecular weight is 361 g/mol. The van der Waals surface area contributed by atoms with Crippen molar-refractivity contribution in [3.8, 4) is 16.9 Å². The third-order valence-corrected chi connectivity index (χ3v) is 4.19. The maximum atomic E-state index is 13.0. The molecule has 0 saturated carbocycles. The molecular weight excluding hydrogens is 345 g/mol. The molecule has 0 spiro atoms. The minimum atomic E-state index is -0.318. The predicted octanol–water partition coefficient (Wildman–Crippen LogP) is 3.96. The first kappa shape index (κ1) is 16.7. The first-order chi connectivity index (χ1) is 13.1. The van der Waals surface area contributed by atoms with Gasteiger partial charge in [-0.2, -0.15) is 5.10 Å². The lowest BCUT2D eigenvalue weighted by atomic mass is 10.1. The maximum Gasteiger partial charge on any atom is 0.273 e. The van der Waals surface area contributed by atoms with Gasteiger partial charge in [0.15, 0.2) is 0 Å². The SMILES string of the molecule is Cc1nccn1-c1ccc(NC(=O)c2cc(-c3ccc(F)cc3)n[nH]2)cc1. The number of benzene rings is 2. The number of anilines is 1. The highest BCUT2D eigenvalue weighted by atomic mass is 19.1. The van der Waals surface area contributed by atoms with E-state index in [2.05, 4.69) is 20.5 Å². The summed E-state index contributed by atoms with van der Waals surface area (Å²) < 4.78 is 15.0. The Morgan fingerprint density at radius 2 is 1.85 bits per heavy atom. The Morgan fingerprint density at radius 1 is 1.11 bits per heavy atom. The van der Waals surface area contributed by atoms with Crippen molar-refractivity contribution in [3.05, 3.63) is 84.3 Å². The lowest BCUT2D eigenvalue weighted by Gasteiger charge is -2.07. The van der Waals surface area contributed by atoms with E-state index in [0.717, 1.165) is 17.1 Å². The zero-order chi connectivity index (χ0) is 18.8. The monoisotopic (exact) mass is 361 g/mol. The molecule has 6 nitrogen and oxygen atoms in total. The summed E-state index contributed by atoms with van der Waals surface area (Å²) in [6.45, 7) is 1.92. The lowest BCUT2D eigenvalue weighted by molar-refractivity contribution is 0.102. The molecule has 0 bridgehead atoms. The van der Waals surface area contributed by atoms with E-state index in [1.54, 1.807) is 24.4 Å². The summed E-state index contributed by atoms with van der Waals surface area (Å²) in [6, 6.07) is 15.0. The molecule has 0 aliphatic heterocycles. The van der Waals surface area contributed by atoms with E-state index in [9.17, 15) is 9.18 Å². The van der Waals surface area contributed by atoms with Crippen LogP contribution < -0.4 is 5.32 Å². The number of aromatic amines is 1. The smallest absolute Gasteiger partial charge is 0.273 e. The number of hydrogen-bond acceptors (Lipinski definition) is 3. The quantitative estimate of drug-likeness (QED) is 0.578. The van der Waals surface area contributed by atoms with Crippen molar-refractivity contribution in [3.63, 3.8) is 0 Å². The number of H-pyrrole nitrogens is 1. The molecule has 2 aromatic carbocycles. The summed E-state index contributed by atoms with van der Waals surface area (Å²) in [5.74, 6) is 0.265. The van der Waals surface area contributed by atoms with Crippen molar-refractivity contribution in [2.24, 2.45) is 0 Å². The van der Waals surface area contributed by atoms with Crippen LogP contribution in [0.25, 0.3) is 16.9 Å². The van der Waals surface area contributed by atoms with E-state index in [-0.39, 0.29) is 11.7 Å². The third kappa shape index (κ3) is 3.48. The minimum Gasteiger partial charge on any atom is -0.321 e. The molecule has 0 saturated heterocycles. The van der Waals surface area contributed by atoms with Gasteiger partial charge in [-0.3, -0.25) is 9.89 Å². The van der Waals surface area contributed by atoms with E-state index in [1.165, 1.54) is 12.1 Å².